The number of nitrogens with zero attached hydrogens (tertiary/aromatic N) is 4. The molecule has 1 fully saturated rings. The summed E-state index contributed by atoms with van der Waals surface area (Å²) in [6, 6.07) is 8.86. The summed E-state index contributed by atoms with van der Waals surface area (Å²) in [6.45, 7) is 6.02. The lowest BCUT2D eigenvalue weighted by molar-refractivity contribution is 0.0816. The summed E-state index contributed by atoms with van der Waals surface area (Å²) in [7, 11) is 1.89. The molecule has 0 aliphatic carbocycles. The third-order valence-corrected chi connectivity index (χ3v) is 6.42. The number of carbonyl (C=O) groups excluding carboxylic acids is 1. The highest BCUT2D eigenvalue weighted by Gasteiger charge is 2.28. The van der Waals surface area contributed by atoms with Crippen LogP contribution < -0.4 is 0 Å². The molecule has 0 spiro atoms. The van der Waals surface area contributed by atoms with E-state index < -0.39 is 0 Å². The van der Waals surface area contributed by atoms with E-state index in [0.717, 1.165) is 44.6 Å². The molecule has 0 unspecified atom stereocenters. The highest BCUT2D eigenvalue weighted by molar-refractivity contribution is 5.98. The molecule has 5 nitrogen and oxygen atoms in total. The molecule has 0 saturated carbocycles. The Kier molecular flexibility index (Phi) is 4.20. The fraction of sp³-hybridized carbons (Fsp3) is 0.391. The van der Waals surface area contributed by atoms with Gasteiger partial charge in [-0.25, -0.2) is 0 Å². The van der Waals surface area contributed by atoms with Crippen molar-refractivity contribution in [3.05, 3.63) is 65.1 Å². The summed E-state index contributed by atoms with van der Waals surface area (Å²) < 4.78 is 2.46. The summed E-state index contributed by atoms with van der Waals surface area (Å²) in [5, 5.41) is 1.26. The van der Waals surface area contributed by atoms with Crippen LogP contribution in [-0.4, -0.2) is 45.4 Å². The largest absolute Gasteiger partial charge is 0.344 e. The van der Waals surface area contributed by atoms with E-state index in [2.05, 4.69) is 39.7 Å². The Hall–Kier alpha value is -2.66. The first kappa shape index (κ1) is 17.4. The van der Waals surface area contributed by atoms with Gasteiger partial charge in [0.2, 0.25) is 0 Å². The fourth-order valence-corrected chi connectivity index (χ4v) is 4.85. The normalized spacial score (nSPS) is 18.2. The lowest BCUT2D eigenvalue weighted by atomic mass is 10.00. The first-order valence-electron chi connectivity index (χ1n) is 10.1. The van der Waals surface area contributed by atoms with E-state index in [9.17, 15) is 4.79 Å². The molecule has 28 heavy (non-hydrogen) atoms. The van der Waals surface area contributed by atoms with Crippen molar-refractivity contribution in [1.82, 2.24) is 19.4 Å². The average molecular weight is 374 g/mol. The molecule has 0 atom stereocenters. The van der Waals surface area contributed by atoms with Gasteiger partial charge in [-0.15, -0.1) is 0 Å². The summed E-state index contributed by atoms with van der Waals surface area (Å²) in [5.41, 5.74) is 6.02. The Bertz CT molecular complexity index is 1050. The minimum Gasteiger partial charge on any atom is -0.344 e. The summed E-state index contributed by atoms with van der Waals surface area (Å²) in [5.74, 6) is 0.153. The number of hydrogen-bond acceptors (Lipinski definition) is 3. The molecule has 1 amide bonds. The molecule has 4 heterocycles. The molecular weight excluding hydrogens is 348 g/mol. The number of amides is 1. The highest BCUT2D eigenvalue weighted by Crippen LogP contribution is 2.31. The van der Waals surface area contributed by atoms with Crippen LogP contribution in [-0.2, 0) is 13.1 Å². The number of pyridine rings is 1. The van der Waals surface area contributed by atoms with Gasteiger partial charge in [0.25, 0.3) is 5.91 Å². The van der Waals surface area contributed by atoms with Gasteiger partial charge in [-0.2, -0.15) is 0 Å². The first-order chi connectivity index (χ1) is 13.6. The average Bonchev–Trinajstić information content (AvgIpc) is 3.21. The van der Waals surface area contributed by atoms with Crippen LogP contribution in [0.1, 0.15) is 45.9 Å². The number of fused-ring (bicyclic) bond motifs is 2. The number of aromatic nitrogens is 2. The van der Waals surface area contributed by atoms with Crippen molar-refractivity contribution in [2.24, 2.45) is 0 Å². The lowest BCUT2D eigenvalue weighted by Gasteiger charge is -2.33. The van der Waals surface area contributed by atoms with Gasteiger partial charge >= 0.3 is 0 Å². The van der Waals surface area contributed by atoms with Crippen LogP contribution in [0.15, 0.2) is 42.9 Å². The lowest BCUT2D eigenvalue weighted by Crippen LogP contribution is -2.34. The van der Waals surface area contributed by atoms with Crippen molar-refractivity contribution in [3.63, 3.8) is 0 Å². The van der Waals surface area contributed by atoms with Crippen molar-refractivity contribution in [1.29, 1.82) is 0 Å². The Morgan fingerprint density at radius 1 is 1.18 bits per heavy atom. The number of rotatable bonds is 3. The van der Waals surface area contributed by atoms with Gasteiger partial charge in [-0.3, -0.25) is 14.7 Å². The zero-order valence-electron chi connectivity index (χ0n) is 16.6. The maximum Gasteiger partial charge on any atom is 0.254 e. The van der Waals surface area contributed by atoms with Gasteiger partial charge in [-0.05, 0) is 48.6 Å². The van der Waals surface area contributed by atoms with Crippen LogP contribution in [0.5, 0.6) is 0 Å². The van der Waals surface area contributed by atoms with Gasteiger partial charge in [0.1, 0.15) is 0 Å². The Morgan fingerprint density at radius 3 is 2.82 bits per heavy atom. The van der Waals surface area contributed by atoms with E-state index in [0.29, 0.717) is 6.04 Å². The van der Waals surface area contributed by atoms with Crippen LogP contribution >= 0.6 is 0 Å². The van der Waals surface area contributed by atoms with Crippen LogP contribution in [0, 0.1) is 6.92 Å². The maximum absolute atomic E-state index is 12.3. The number of piperidine rings is 1. The molecule has 5 heteroatoms. The summed E-state index contributed by atoms with van der Waals surface area (Å²) in [4.78, 5) is 20.9. The minimum atomic E-state index is 0.153. The molecule has 1 aromatic carbocycles. The molecule has 0 N–H and O–H groups in total. The predicted octanol–water partition coefficient (Wildman–Crippen LogP) is 3.77. The molecule has 5 rings (SSSR count). The quantitative estimate of drug-likeness (QED) is 0.701. The molecule has 2 aliphatic heterocycles. The second-order valence-corrected chi connectivity index (χ2v) is 8.22. The van der Waals surface area contributed by atoms with Gasteiger partial charge < -0.3 is 9.47 Å². The number of hydrogen-bond donors (Lipinski definition) is 0. The molecular formula is C23H26N4O. The Morgan fingerprint density at radius 2 is 2.00 bits per heavy atom. The Labute approximate surface area is 165 Å². The van der Waals surface area contributed by atoms with Gasteiger partial charge in [-0.1, -0.05) is 12.1 Å². The number of likely N-dealkylation sites (tertiary alicyclic amines) is 1. The van der Waals surface area contributed by atoms with E-state index in [1.165, 1.54) is 27.6 Å². The molecule has 0 bridgehead atoms. The first-order valence-corrected chi connectivity index (χ1v) is 10.1. The van der Waals surface area contributed by atoms with Crippen molar-refractivity contribution in [2.45, 2.75) is 38.9 Å². The monoisotopic (exact) mass is 374 g/mol. The van der Waals surface area contributed by atoms with E-state index in [4.69, 9.17) is 0 Å². The maximum atomic E-state index is 12.3. The molecule has 0 radical (unpaired) electrons. The summed E-state index contributed by atoms with van der Waals surface area (Å²) >= 11 is 0. The second kappa shape index (κ2) is 6.74. The zero-order valence-corrected chi connectivity index (χ0v) is 16.6. The van der Waals surface area contributed by atoms with Gasteiger partial charge in [0.05, 0.1) is 5.52 Å². The van der Waals surface area contributed by atoms with Crippen LogP contribution in [0.4, 0.5) is 0 Å². The van der Waals surface area contributed by atoms with E-state index >= 15 is 0 Å². The number of aryl methyl sites for hydroxylation is 1. The standard InChI is InChI=1S/C23H26N4O/c1-16-13-27(22-6-9-24-12-20(16)22)18-7-10-26(11-8-18)14-17-4-3-5-19-21(17)15-25(2)23(19)28/h3-6,9,12-13,18H,7-8,10-11,14-15H2,1-2H3. The van der Waals surface area contributed by atoms with Gasteiger partial charge in [0.15, 0.2) is 0 Å². The van der Waals surface area contributed by atoms with E-state index in [1.54, 1.807) is 0 Å². The van der Waals surface area contributed by atoms with Crippen molar-refractivity contribution in [3.8, 4) is 0 Å². The van der Waals surface area contributed by atoms with Gasteiger partial charge in [0, 0.05) is 68.8 Å². The second-order valence-electron chi connectivity index (χ2n) is 8.22. The molecule has 2 aliphatic rings. The minimum absolute atomic E-state index is 0.153. The Balaban J connectivity index is 1.30. The highest BCUT2D eigenvalue weighted by atomic mass is 16.2. The SMILES string of the molecule is Cc1cn(C2CCN(Cc3cccc4c3CN(C)C4=O)CC2)c2ccncc12. The fourth-order valence-electron chi connectivity index (χ4n) is 4.85. The third kappa shape index (κ3) is 2.81. The van der Waals surface area contributed by atoms with Crippen molar-refractivity contribution >= 4 is 16.8 Å². The zero-order chi connectivity index (χ0) is 19.3. The third-order valence-electron chi connectivity index (χ3n) is 6.42. The van der Waals surface area contributed by atoms with Crippen molar-refractivity contribution < 1.29 is 4.79 Å². The predicted molar refractivity (Wildman–Crippen MR) is 110 cm³/mol. The molecule has 2 aromatic heterocycles. The van der Waals surface area contributed by atoms with E-state index in [1.807, 2.05) is 36.5 Å². The van der Waals surface area contributed by atoms with Crippen LogP contribution in [0.3, 0.4) is 0 Å². The smallest absolute Gasteiger partial charge is 0.254 e. The molecule has 1 saturated heterocycles. The molecule has 3 aromatic rings. The molecule has 144 valence electrons. The number of benzene rings is 1. The van der Waals surface area contributed by atoms with E-state index in [-0.39, 0.29) is 5.91 Å². The van der Waals surface area contributed by atoms with Crippen LogP contribution in [0.25, 0.3) is 10.9 Å². The van der Waals surface area contributed by atoms with Crippen molar-refractivity contribution in [2.75, 3.05) is 20.1 Å². The topological polar surface area (TPSA) is 41.4 Å². The summed E-state index contributed by atoms with van der Waals surface area (Å²) in [6.07, 6.45) is 8.46. The van der Waals surface area contributed by atoms with Crippen LogP contribution in [0.2, 0.25) is 0 Å². The number of carbonyl (C=O) groups is 1.